The number of carbonyl (C=O) groups excluding carboxylic acids is 1. The molecule has 224 valence electrons. The molecule has 0 saturated carbocycles. The Morgan fingerprint density at radius 2 is 0.949 bits per heavy atom. The van der Waals surface area contributed by atoms with Crippen LogP contribution in [0.3, 0.4) is 0 Å². The van der Waals surface area contributed by atoms with E-state index in [4.69, 9.17) is 42.1 Å². The quantitative estimate of drug-likeness (QED) is 0.0649. The summed E-state index contributed by atoms with van der Waals surface area (Å²) in [4.78, 5) is 10.9. The maximum atomic E-state index is 12.0. The summed E-state index contributed by atoms with van der Waals surface area (Å²) < 4.78 is 71.3. The molecule has 0 fully saturated rings. The minimum Gasteiger partial charge on any atom is -0.460 e. The summed E-state index contributed by atoms with van der Waals surface area (Å²) in [5.41, 5.74) is 0.972. The Balaban J connectivity index is 1.74. The van der Waals surface area contributed by atoms with Crippen molar-refractivity contribution < 1.29 is 55.3 Å². The van der Waals surface area contributed by atoms with E-state index < -0.39 is 16.1 Å². The summed E-state index contributed by atoms with van der Waals surface area (Å²) in [5.74, 6) is -0.468. The third-order valence-electron chi connectivity index (χ3n) is 4.65. The molecule has 12 nitrogen and oxygen atoms in total. The first-order chi connectivity index (χ1) is 19.0. The summed E-state index contributed by atoms with van der Waals surface area (Å²) in [7, 11) is -3.77. The second kappa shape index (κ2) is 23.9. The van der Waals surface area contributed by atoms with Gasteiger partial charge in [0.1, 0.15) is 6.61 Å². The average molecular weight is 579 g/mol. The third-order valence-corrected chi connectivity index (χ3v) is 5.97. The van der Waals surface area contributed by atoms with Crippen LogP contribution >= 0.6 is 0 Å². The van der Waals surface area contributed by atoms with E-state index in [-0.39, 0.29) is 24.7 Å². The van der Waals surface area contributed by atoms with E-state index in [1.54, 1.807) is 12.1 Å². The lowest BCUT2D eigenvalue weighted by molar-refractivity contribution is -0.139. The van der Waals surface area contributed by atoms with Gasteiger partial charge < -0.3 is 37.9 Å². The van der Waals surface area contributed by atoms with Gasteiger partial charge >= 0.3 is 5.97 Å². The van der Waals surface area contributed by atoms with Crippen molar-refractivity contribution in [2.24, 2.45) is 0 Å². The highest BCUT2D eigenvalue weighted by Crippen LogP contribution is 2.12. The highest BCUT2D eigenvalue weighted by atomic mass is 32.2. The maximum absolute atomic E-state index is 12.0. The number of benzene rings is 1. The van der Waals surface area contributed by atoms with Crippen LogP contribution in [0, 0.1) is 6.92 Å². The number of esters is 1. The fourth-order valence-electron chi connectivity index (χ4n) is 2.66. The van der Waals surface area contributed by atoms with Gasteiger partial charge in [0.25, 0.3) is 10.1 Å². The molecule has 1 aromatic carbocycles. The molecule has 0 spiro atoms. The number of hydrogen-bond donors (Lipinski definition) is 0. The second-order valence-corrected chi connectivity index (χ2v) is 9.36. The molecular formula is C26H42O12S. The van der Waals surface area contributed by atoms with Crippen molar-refractivity contribution in [3.05, 3.63) is 42.5 Å². The molecule has 0 atom stereocenters. The Morgan fingerprint density at radius 1 is 0.615 bits per heavy atom. The third kappa shape index (κ3) is 20.6. The highest BCUT2D eigenvalue weighted by molar-refractivity contribution is 7.86. The number of ether oxygens (including phenoxy) is 8. The highest BCUT2D eigenvalue weighted by Gasteiger charge is 2.14. The smallest absolute Gasteiger partial charge is 0.330 e. The van der Waals surface area contributed by atoms with Gasteiger partial charge in [-0.15, -0.1) is 0 Å². The number of hydrogen-bond acceptors (Lipinski definition) is 12. The Kier molecular flexibility index (Phi) is 21.5. The van der Waals surface area contributed by atoms with E-state index in [0.29, 0.717) is 85.9 Å². The lowest BCUT2D eigenvalue weighted by atomic mass is 10.2. The second-order valence-electron chi connectivity index (χ2n) is 7.75. The van der Waals surface area contributed by atoms with Crippen molar-refractivity contribution in [2.75, 3.05) is 106 Å². The van der Waals surface area contributed by atoms with Crippen molar-refractivity contribution >= 4 is 16.1 Å². The van der Waals surface area contributed by atoms with Crippen molar-refractivity contribution in [3.63, 3.8) is 0 Å². The molecule has 0 unspecified atom stereocenters. The largest absolute Gasteiger partial charge is 0.460 e. The molecule has 0 amide bonds. The van der Waals surface area contributed by atoms with Crippen molar-refractivity contribution in [2.45, 2.75) is 11.8 Å². The predicted molar refractivity (Wildman–Crippen MR) is 141 cm³/mol. The number of rotatable bonds is 27. The zero-order valence-corrected chi connectivity index (χ0v) is 23.5. The van der Waals surface area contributed by atoms with E-state index in [0.717, 1.165) is 11.6 Å². The molecule has 1 aromatic rings. The van der Waals surface area contributed by atoms with E-state index in [2.05, 4.69) is 6.58 Å². The van der Waals surface area contributed by atoms with Gasteiger partial charge in [-0.2, -0.15) is 8.42 Å². The molecule has 39 heavy (non-hydrogen) atoms. The Hall–Kier alpha value is -1.94. The van der Waals surface area contributed by atoms with Gasteiger partial charge in [-0.1, -0.05) is 24.3 Å². The summed E-state index contributed by atoms with van der Waals surface area (Å²) in [6.07, 6.45) is 1.11. The molecule has 0 aliphatic rings. The van der Waals surface area contributed by atoms with Crippen LogP contribution in [-0.2, 0) is 57.0 Å². The first-order valence-electron chi connectivity index (χ1n) is 12.7. The average Bonchev–Trinajstić information content (AvgIpc) is 2.93. The molecule has 1 rings (SSSR count). The minimum atomic E-state index is -3.77. The monoisotopic (exact) mass is 578 g/mol. The normalized spacial score (nSPS) is 11.5. The van der Waals surface area contributed by atoms with Crippen molar-refractivity contribution in [3.8, 4) is 0 Å². The first-order valence-corrected chi connectivity index (χ1v) is 14.2. The molecule has 0 heterocycles. The molecular weight excluding hydrogens is 536 g/mol. The van der Waals surface area contributed by atoms with Crippen LogP contribution in [0.2, 0.25) is 0 Å². The van der Waals surface area contributed by atoms with Gasteiger partial charge in [-0.3, -0.25) is 4.18 Å². The van der Waals surface area contributed by atoms with Gasteiger partial charge in [0.05, 0.1) is 104 Å². The van der Waals surface area contributed by atoms with Crippen LogP contribution in [-0.4, -0.2) is 120 Å². The summed E-state index contributed by atoms with van der Waals surface area (Å²) in [6.45, 7) is 10.9. The van der Waals surface area contributed by atoms with Gasteiger partial charge in [0, 0.05) is 6.08 Å². The SMILES string of the molecule is C=CC(=O)OCCOCCOCCOCCOCCOCCOCCOCCOS(=O)(=O)c1ccc(C)cc1. The Morgan fingerprint density at radius 3 is 1.31 bits per heavy atom. The van der Waals surface area contributed by atoms with Gasteiger partial charge in [0.15, 0.2) is 0 Å². The van der Waals surface area contributed by atoms with E-state index >= 15 is 0 Å². The van der Waals surface area contributed by atoms with E-state index in [1.165, 1.54) is 12.1 Å². The zero-order valence-electron chi connectivity index (χ0n) is 22.7. The maximum Gasteiger partial charge on any atom is 0.330 e. The first kappa shape index (κ1) is 35.1. The molecule has 0 N–H and O–H groups in total. The number of aryl methyl sites for hydroxylation is 1. The summed E-state index contributed by atoms with van der Waals surface area (Å²) >= 11 is 0. The lowest BCUT2D eigenvalue weighted by Crippen LogP contribution is -2.15. The van der Waals surface area contributed by atoms with E-state index in [9.17, 15) is 13.2 Å². The van der Waals surface area contributed by atoms with Gasteiger partial charge in [0.2, 0.25) is 0 Å². The van der Waals surface area contributed by atoms with Crippen LogP contribution < -0.4 is 0 Å². The molecule has 0 aliphatic heterocycles. The van der Waals surface area contributed by atoms with Crippen LogP contribution in [0.15, 0.2) is 41.8 Å². The van der Waals surface area contributed by atoms with Crippen molar-refractivity contribution in [1.29, 1.82) is 0 Å². The summed E-state index contributed by atoms with van der Waals surface area (Å²) in [5, 5.41) is 0. The standard InChI is InChI=1S/C26H42O12S/c1-3-26(27)37-22-20-35-18-16-33-14-12-31-10-8-30-9-11-32-13-15-34-17-19-36-21-23-38-39(28,29)25-6-4-24(2)5-7-25/h3-7H,1,8-23H2,2H3. The van der Waals surface area contributed by atoms with E-state index in [1.807, 2.05) is 6.92 Å². The molecule has 0 aliphatic carbocycles. The van der Waals surface area contributed by atoms with Gasteiger partial charge in [-0.25, -0.2) is 4.79 Å². The predicted octanol–water partition coefficient (Wildman–Crippen LogP) is 1.55. The molecule has 0 saturated heterocycles. The Bertz CT molecular complexity index is 845. The fraction of sp³-hybridized carbons (Fsp3) is 0.654. The topological polar surface area (TPSA) is 134 Å². The van der Waals surface area contributed by atoms with Crippen LogP contribution in [0.5, 0.6) is 0 Å². The number of carbonyl (C=O) groups is 1. The fourth-order valence-corrected chi connectivity index (χ4v) is 3.55. The van der Waals surface area contributed by atoms with Gasteiger partial charge in [-0.05, 0) is 19.1 Å². The zero-order chi connectivity index (χ0) is 28.4. The molecule has 13 heteroatoms. The summed E-state index contributed by atoms with van der Waals surface area (Å²) in [6, 6.07) is 6.46. The van der Waals surface area contributed by atoms with Crippen LogP contribution in [0.4, 0.5) is 0 Å². The molecule has 0 bridgehead atoms. The molecule has 0 aromatic heterocycles. The minimum absolute atomic E-state index is 0.0627. The molecule has 0 radical (unpaired) electrons. The van der Waals surface area contributed by atoms with Crippen molar-refractivity contribution in [1.82, 2.24) is 0 Å². The van der Waals surface area contributed by atoms with Crippen LogP contribution in [0.25, 0.3) is 0 Å². The Labute approximate surface area is 231 Å². The lowest BCUT2D eigenvalue weighted by Gasteiger charge is -2.09. The van der Waals surface area contributed by atoms with Crippen LogP contribution in [0.1, 0.15) is 5.56 Å².